The van der Waals surface area contributed by atoms with Crippen LogP contribution in [0.25, 0.3) is 0 Å². The molecule has 0 spiro atoms. The van der Waals surface area contributed by atoms with Gasteiger partial charge in [-0.15, -0.1) is 0 Å². The minimum Gasteiger partial charge on any atom is -0.347 e. The van der Waals surface area contributed by atoms with Crippen LogP contribution in [-0.4, -0.2) is 109 Å². The van der Waals surface area contributed by atoms with Crippen molar-refractivity contribution in [3.05, 3.63) is 71.8 Å². The number of urea groups is 1. The van der Waals surface area contributed by atoms with E-state index < -0.39 is 23.6 Å². The number of rotatable bonds is 9. The molecule has 236 valence electrons. The molecule has 0 aromatic heterocycles. The minimum atomic E-state index is -0.820. The summed E-state index contributed by atoms with van der Waals surface area (Å²) in [4.78, 5) is 60.4. The number of benzene rings is 2. The molecule has 10 heteroatoms. The van der Waals surface area contributed by atoms with Crippen LogP contribution in [0.5, 0.6) is 0 Å². The molecule has 3 heterocycles. The van der Waals surface area contributed by atoms with Crippen molar-refractivity contribution < 1.29 is 23.9 Å². The van der Waals surface area contributed by atoms with Crippen molar-refractivity contribution in [3.63, 3.8) is 0 Å². The van der Waals surface area contributed by atoms with Gasteiger partial charge in [0, 0.05) is 45.3 Å². The van der Waals surface area contributed by atoms with E-state index in [2.05, 4.69) is 10.2 Å². The number of nitrogens with one attached hydrogen (secondary N) is 1. The molecule has 10 nitrogen and oxygen atoms in total. The van der Waals surface area contributed by atoms with Gasteiger partial charge in [0.1, 0.15) is 6.61 Å². The van der Waals surface area contributed by atoms with Gasteiger partial charge in [0.05, 0.1) is 11.3 Å². The van der Waals surface area contributed by atoms with Gasteiger partial charge in [-0.05, 0) is 43.9 Å². The van der Waals surface area contributed by atoms with Crippen molar-refractivity contribution in [2.45, 2.75) is 57.7 Å². The van der Waals surface area contributed by atoms with E-state index >= 15 is 0 Å². The van der Waals surface area contributed by atoms with Gasteiger partial charge in [0.15, 0.2) is 6.23 Å². The van der Waals surface area contributed by atoms with Crippen molar-refractivity contribution in [1.82, 2.24) is 24.9 Å². The van der Waals surface area contributed by atoms with Crippen LogP contribution in [0.3, 0.4) is 0 Å². The summed E-state index contributed by atoms with van der Waals surface area (Å²) in [6, 6.07) is 18.9. The van der Waals surface area contributed by atoms with Crippen molar-refractivity contribution in [2.75, 3.05) is 52.9 Å². The second kappa shape index (κ2) is 13.9. The molecule has 0 saturated carbocycles. The summed E-state index contributed by atoms with van der Waals surface area (Å²) < 4.78 is 6.06. The van der Waals surface area contributed by atoms with Crippen molar-refractivity contribution in [3.8, 4) is 0 Å². The number of likely N-dealkylation sites (tertiary alicyclic amines) is 2. The van der Waals surface area contributed by atoms with Crippen LogP contribution in [0.15, 0.2) is 60.7 Å². The normalized spacial score (nSPS) is 20.9. The Morgan fingerprint density at radius 2 is 1.39 bits per heavy atom. The number of piperidine rings is 1. The van der Waals surface area contributed by atoms with Crippen LogP contribution in [-0.2, 0) is 19.1 Å². The van der Waals surface area contributed by atoms with Crippen LogP contribution in [0.1, 0.15) is 56.6 Å². The predicted octanol–water partition coefficient (Wildman–Crippen LogP) is 3.28. The first-order valence-corrected chi connectivity index (χ1v) is 15.9. The summed E-state index contributed by atoms with van der Waals surface area (Å²) in [7, 11) is 2.03. The molecule has 1 N–H and O–H groups in total. The van der Waals surface area contributed by atoms with Crippen LogP contribution in [0.4, 0.5) is 4.79 Å². The van der Waals surface area contributed by atoms with Crippen molar-refractivity contribution in [2.24, 2.45) is 5.41 Å². The lowest BCUT2D eigenvalue weighted by Crippen LogP contribution is -2.73. The average molecular weight is 604 g/mol. The number of piperazine rings is 1. The number of likely N-dealkylation sites (N-methyl/N-ethyl adjacent to an activating group) is 1. The topological polar surface area (TPSA) is 102 Å². The van der Waals surface area contributed by atoms with E-state index in [9.17, 15) is 19.2 Å². The van der Waals surface area contributed by atoms with Gasteiger partial charge in [-0.25, -0.2) is 9.69 Å². The Hall–Kier alpha value is -3.76. The molecule has 2 aromatic rings. The fraction of sp³-hybridized carbons (Fsp3) is 0.529. The highest BCUT2D eigenvalue weighted by molar-refractivity contribution is 6.03. The molecule has 1 atom stereocenters. The molecule has 2 aromatic carbocycles. The zero-order valence-corrected chi connectivity index (χ0v) is 26.1. The summed E-state index contributed by atoms with van der Waals surface area (Å²) in [6.07, 6.45) is 1.40. The van der Waals surface area contributed by atoms with E-state index in [-0.39, 0.29) is 30.4 Å². The molecule has 44 heavy (non-hydrogen) atoms. The Labute approximate surface area is 260 Å². The fourth-order valence-electron chi connectivity index (χ4n) is 6.70. The molecule has 3 aliphatic heterocycles. The van der Waals surface area contributed by atoms with Gasteiger partial charge in [-0.3, -0.25) is 14.4 Å². The number of β-lactam (4-membered cyclic amide) rings is 1. The third-order valence-corrected chi connectivity index (χ3v) is 9.70. The molecular formula is C34H45N5O5. The average Bonchev–Trinajstić information content (AvgIpc) is 3.05. The monoisotopic (exact) mass is 603 g/mol. The number of carbonyl (C=O) groups excluding carboxylic acids is 4. The quantitative estimate of drug-likeness (QED) is 0.442. The molecule has 0 aliphatic carbocycles. The first-order valence-electron chi connectivity index (χ1n) is 15.9. The molecular weight excluding hydrogens is 558 g/mol. The Balaban J connectivity index is 1.19. The SMILES string of the molecule is CCC1(CC)C(=O)N(C(=O)NC2CCN(C(=O)C(c3ccccc3)c3ccccc3)CC2)C1OCC(=O)N1CCN(C)CC1. The third-order valence-electron chi connectivity index (χ3n) is 9.70. The van der Waals surface area contributed by atoms with Gasteiger partial charge in [-0.1, -0.05) is 74.5 Å². The summed E-state index contributed by atoms with van der Waals surface area (Å²) >= 11 is 0. The van der Waals surface area contributed by atoms with Gasteiger partial charge in [-0.2, -0.15) is 0 Å². The van der Waals surface area contributed by atoms with E-state index in [0.29, 0.717) is 51.9 Å². The lowest BCUT2D eigenvalue weighted by atomic mass is 9.72. The molecule has 5 rings (SSSR count). The molecule has 3 saturated heterocycles. The van der Waals surface area contributed by atoms with Crippen molar-refractivity contribution >= 4 is 23.8 Å². The van der Waals surface area contributed by atoms with Gasteiger partial charge < -0.3 is 24.8 Å². The van der Waals surface area contributed by atoms with Gasteiger partial charge in [0.2, 0.25) is 17.7 Å². The number of nitrogens with zero attached hydrogens (tertiary/aromatic N) is 4. The third kappa shape index (κ3) is 6.37. The number of hydrogen-bond donors (Lipinski definition) is 1. The van der Waals surface area contributed by atoms with E-state index in [4.69, 9.17) is 4.74 Å². The summed E-state index contributed by atoms with van der Waals surface area (Å²) in [6.45, 7) is 7.55. The fourth-order valence-corrected chi connectivity index (χ4v) is 6.70. The first-order chi connectivity index (χ1) is 21.3. The molecule has 5 amide bonds. The first kappa shape index (κ1) is 31.7. The zero-order chi connectivity index (χ0) is 31.3. The van der Waals surface area contributed by atoms with E-state index in [1.54, 1.807) is 4.90 Å². The highest BCUT2D eigenvalue weighted by atomic mass is 16.5. The Kier molecular flexibility index (Phi) is 10.0. The molecule has 3 aliphatic rings. The Morgan fingerprint density at radius 1 is 0.841 bits per heavy atom. The number of ether oxygens (including phenoxy) is 1. The van der Waals surface area contributed by atoms with Gasteiger partial charge in [0.25, 0.3) is 0 Å². The highest BCUT2D eigenvalue weighted by Gasteiger charge is 2.62. The second-order valence-electron chi connectivity index (χ2n) is 12.2. The van der Waals surface area contributed by atoms with Gasteiger partial charge >= 0.3 is 6.03 Å². The van der Waals surface area contributed by atoms with E-state index in [0.717, 1.165) is 29.1 Å². The largest absolute Gasteiger partial charge is 0.347 e. The number of hydrogen-bond acceptors (Lipinski definition) is 6. The molecule has 3 fully saturated rings. The Morgan fingerprint density at radius 3 is 1.91 bits per heavy atom. The van der Waals surface area contributed by atoms with Crippen LogP contribution in [0, 0.1) is 5.41 Å². The number of carbonyl (C=O) groups is 4. The predicted molar refractivity (Wildman–Crippen MR) is 167 cm³/mol. The zero-order valence-electron chi connectivity index (χ0n) is 26.1. The number of amides is 5. The van der Waals surface area contributed by atoms with E-state index in [1.807, 2.05) is 86.5 Å². The number of imide groups is 1. The maximum Gasteiger partial charge on any atom is 0.326 e. The minimum absolute atomic E-state index is 0.0410. The summed E-state index contributed by atoms with van der Waals surface area (Å²) in [5, 5.41) is 3.02. The highest BCUT2D eigenvalue weighted by Crippen LogP contribution is 2.46. The van der Waals surface area contributed by atoms with Crippen LogP contribution in [0.2, 0.25) is 0 Å². The summed E-state index contributed by atoms with van der Waals surface area (Å²) in [5.41, 5.74) is 1.07. The van der Waals surface area contributed by atoms with Crippen LogP contribution >= 0.6 is 0 Å². The maximum atomic E-state index is 13.8. The molecule has 1 unspecified atom stereocenters. The molecule has 0 bridgehead atoms. The lowest BCUT2D eigenvalue weighted by molar-refractivity contribution is -0.212. The lowest BCUT2D eigenvalue weighted by Gasteiger charge is -2.53. The smallest absolute Gasteiger partial charge is 0.326 e. The second-order valence-corrected chi connectivity index (χ2v) is 12.2. The Bertz CT molecular complexity index is 1260. The van der Waals surface area contributed by atoms with E-state index in [1.165, 1.54) is 0 Å². The van der Waals surface area contributed by atoms with Crippen LogP contribution < -0.4 is 5.32 Å². The maximum absolute atomic E-state index is 13.8. The summed E-state index contributed by atoms with van der Waals surface area (Å²) in [5.74, 6) is -0.748. The standard InChI is InChI=1S/C34H45N5O5/c1-4-34(5-2)31(42)39(32(34)44-24-28(40)37-22-20-36(3)21-23-37)33(43)35-27-16-18-38(19-17-27)30(41)29(25-12-8-6-9-13-25)26-14-10-7-11-15-26/h6-15,27,29,32H,4-5,16-24H2,1-3H3,(H,35,43). The molecule has 0 radical (unpaired) electrons. The van der Waals surface area contributed by atoms with Crippen molar-refractivity contribution in [1.29, 1.82) is 0 Å².